The normalized spacial score (nSPS) is 12.0. The SMILES string of the molecule is Cc1cc(Br)cc(Br)c1N=C(NN=Cc1ccc(OCCC(C)C)cc1)c1ccc2ccccc2n1. The van der Waals surface area contributed by atoms with E-state index in [1.807, 2.05) is 79.7 Å². The van der Waals surface area contributed by atoms with Crippen LogP contribution in [0.5, 0.6) is 5.75 Å². The lowest BCUT2D eigenvalue weighted by molar-refractivity contribution is 0.289. The van der Waals surface area contributed by atoms with Crippen molar-refractivity contribution in [3.05, 3.63) is 98.6 Å². The molecule has 4 rings (SSSR count). The Labute approximate surface area is 229 Å². The van der Waals surface area contributed by atoms with Gasteiger partial charge in [-0.2, -0.15) is 5.10 Å². The van der Waals surface area contributed by atoms with E-state index in [2.05, 4.69) is 56.2 Å². The Hall–Kier alpha value is -3.03. The minimum atomic E-state index is 0.553. The van der Waals surface area contributed by atoms with E-state index in [1.165, 1.54) is 0 Å². The number of aromatic nitrogens is 1. The second kappa shape index (κ2) is 12.3. The van der Waals surface area contributed by atoms with E-state index in [4.69, 9.17) is 14.7 Å². The third-order valence-corrected chi connectivity index (χ3v) is 6.57. The van der Waals surface area contributed by atoms with Gasteiger partial charge in [0.2, 0.25) is 0 Å². The van der Waals surface area contributed by atoms with Gasteiger partial charge in [0, 0.05) is 14.3 Å². The third kappa shape index (κ3) is 7.02. The molecule has 0 fully saturated rings. The molecule has 0 unspecified atom stereocenters. The van der Waals surface area contributed by atoms with Crippen LogP contribution in [-0.2, 0) is 0 Å². The number of hydrazone groups is 1. The highest BCUT2D eigenvalue weighted by atomic mass is 79.9. The molecule has 0 aliphatic rings. The summed E-state index contributed by atoms with van der Waals surface area (Å²) in [5.74, 6) is 2.04. The average molecular weight is 608 g/mol. The molecule has 184 valence electrons. The van der Waals surface area contributed by atoms with Crippen LogP contribution in [-0.4, -0.2) is 23.6 Å². The highest BCUT2D eigenvalue weighted by molar-refractivity contribution is 9.11. The molecule has 1 N–H and O–H groups in total. The number of para-hydroxylation sites is 1. The number of rotatable bonds is 8. The zero-order valence-corrected chi connectivity index (χ0v) is 23.7. The lowest BCUT2D eigenvalue weighted by atomic mass is 10.1. The van der Waals surface area contributed by atoms with Crippen LogP contribution in [0.2, 0.25) is 0 Å². The van der Waals surface area contributed by atoms with E-state index in [0.29, 0.717) is 17.4 Å². The number of nitrogens with one attached hydrogen (secondary N) is 1. The van der Waals surface area contributed by atoms with Gasteiger partial charge in [0.1, 0.15) is 11.4 Å². The van der Waals surface area contributed by atoms with E-state index >= 15 is 0 Å². The lowest BCUT2D eigenvalue weighted by Crippen LogP contribution is -2.20. The van der Waals surface area contributed by atoms with Crippen molar-refractivity contribution in [2.24, 2.45) is 16.0 Å². The Morgan fingerprint density at radius 2 is 1.81 bits per heavy atom. The molecule has 0 aliphatic carbocycles. The number of hydrogen-bond acceptors (Lipinski definition) is 4. The first-order valence-corrected chi connectivity index (χ1v) is 13.4. The molecule has 1 heterocycles. The van der Waals surface area contributed by atoms with E-state index in [0.717, 1.165) is 55.4 Å². The molecule has 1 aromatic heterocycles. The van der Waals surface area contributed by atoms with Crippen molar-refractivity contribution in [1.82, 2.24) is 10.4 Å². The van der Waals surface area contributed by atoms with Crippen LogP contribution >= 0.6 is 31.9 Å². The molecular formula is C29H28Br2N4O. The zero-order valence-electron chi connectivity index (χ0n) is 20.5. The molecule has 0 radical (unpaired) electrons. The number of aliphatic imine (C=N–C) groups is 1. The van der Waals surface area contributed by atoms with Crippen LogP contribution in [0.1, 0.15) is 37.1 Å². The predicted molar refractivity (Wildman–Crippen MR) is 157 cm³/mol. The summed E-state index contributed by atoms with van der Waals surface area (Å²) in [7, 11) is 0. The minimum absolute atomic E-state index is 0.553. The van der Waals surface area contributed by atoms with Crippen molar-refractivity contribution < 1.29 is 4.74 Å². The van der Waals surface area contributed by atoms with Crippen molar-refractivity contribution >= 4 is 60.5 Å². The molecule has 0 aliphatic heterocycles. The van der Waals surface area contributed by atoms with Crippen molar-refractivity contribution in [3.8, 4) is 5.75 Å². The molecular weight excluding hydrogens is 580 g/mol. The minimum Gasteiger partial charge on any atom is -0.494 e. The summed E-state index contributed by atoms with van der Waals surface area (Å²) in [6.07, 6.45) is 2.80. The molecule has 0 saturated heterocycles. The molecule has 0 saturated carbocycles. The highest BCUT2D eigenvalue weighted by Gasteiger charge is 2.11. The number of aryl methyl sites for hydroxylation is 1. The van der Waals surface area contributed by atoms with Gasteiger partial charge in [-0.25, -0.2) is 9.98 Å². The van der Waals surface area contributed by atoms with Crippen LogP contribution in [0.25, 0.3) is 10.9 Å². The van der Waals surface area contributed by atoms with Crippen LogP contribution in [0.15, 0.2) is 91.8 Å². The van der Waals surface area contributed by atoms with Crippen LogP contribution in [0, 0.1) is 12.8 Å². The van der Waals surface area contributed by atoms with E-state index < -0.39 is 0 Å². The summed E-state index contributed by atoms with van der Waals surface area (Å²) >= 11 is 7.18. The first kappa shape index (κ1) is 26.0. The fraction of sp³-hybridized carbons (Fsp3) is 0.207. The van der Waals surface area contributed by atoms with Gasteiger partial charge in [-0.1, -0.05) is 54.0 Å². The number of ether oxygens (including phenoxy) is 1. The summed E-state index contributed by atoms with van der Waals surface area (Å²) in [4.78, 5) is 9.73. The number of nitrogens with zero attached hydrogens (tertiary/aromatic N) is 3. The van der Waals surface area contributed by atoms with E-state index in [-0.39, 0.29) is 0 Å². The summed E-state index contributed by atoms with van der Waals surface area (Å²) in [6.45, 7) is 7.12. The number of fused-ring (bicyclic) bond motifs is 1. The van der Waals surface area contributed by atoms with Gasteiger partial charge in [-0.05, 0) is 94.9 Å². The van der Waals surface area contributed by atoms with E-state index in [1.54, 1.807) is 6.21 Å². The second-order valence-electron chi connectivity index (χ2n) is 8.87. The second-order valence-corrected chi connectivity index (χ2v) is 10.6. The summed E-state index contributed by atoms with van der Waals surface area (Å²) in [6, 6.07) is 23.9. The van der Waals surface area contributed by atoms with Gasteiger partial charge >= 0.3 is 0 Å². The Kier molecular flexibility index (Phi) is 8.88. The van der Waals surface area contributed by atoms with Gasteiger partial charge in [0.25, 0.3) is 0 Å². The van der Waals surface area contributed by atoms with E-state index in [9.17, 15) is 0 Å². The molecule has 36 heavy (non-hydrogen) atoms. The van der Waals surface area contributed by atoms with Crippen LogP contribution < -0.4 is 10.2 Å². The molecule has 0 bridgehead atoms. The largest absolute Gasteiger partial charge is 0.494 e. The van der Waals surface area contributed by atoms with Crippen molar-refractivity contribution in [3.63, 3.8) is 0 Å². The molecule has 0 spiro atoms. The quantitative estimate of drug-likeness (QED) is 0.125. The molecule has 4 aromatic rings. The third-order valence-electron chi connectivity index (χ3n) is 5.51. The monoisotopic (exact) mass is 606 g/mol. The van der Waals surface area contributed by atoms with Gasteiger partial charge in [0.05, 0.1) is 24.0 Å². The molecule has 7 heteroatoms. The Balaban J connectivity index is 1.59. The number of halogens is 2. The van der Waals surface area contributed by atoms with Gasteiger partial charge in [-0.3, -0.25) is 5.43 Å². The summed E-state index contributed by atoms with van der Waals surface area (Å²) in [5, 5.41) is 5.55. The van der Waals surface area contributed by atoms with Gasteiger partial charge < -0.3 is 4.74 Å². The smallest absolute Gasteiger partial charge is 0.173 e. The van der Waals surface area contributed by atoms with Crippen LogP contribution in [0.3, 0.4) is 0 Å². The number of pyridine rings is 1. The molecule has 0 amide bonds. The highest BCUT2D eigenvalue weighted by Crippen LogP contribution is 2.33. The van der Waals surface area contributed by atoms with Crippen LogP contribution in [0.4, 0.5) is 5.69 Å². The Morgan fingerprint density at radius 3 is 2.56 bits per heavy atom. The maximum atomic E-state index is 5.81. The zero-order chi connectivity index (χ0) is 25.5. The molecule has 3 aromatic carbocycles. The molecule has 5 nitrogen and oxygen atoms in total. The lowest BCUT2D eigenvalue weighted by Gasteiger charge is -2.10. The maximum Gasteiger partial charge on any atom is 0.173 e. The van der Waals surface area contributed by atoms with Crippen molar-refractivity contribution in [2.45, 2.75) is 27.2 Å². The topological polar surface area (TPSA) is 58.9 Å². The molecule has 0 atom stereocenters. The van der Waals surface area contributed by atoms with Crippen molar-refractivity contribution in [1.29, 1.82) is 0 Å². The van der Waals surface area contributed by atoms with Crippen molar-refractivity contribution in [2.75, 3.05) is 6.61 Å². The Morgan fingerprint density at radius 1 is 1.03 bits per heavy atom. The van der Waals surface area contributed by atoms with Gasteiger partial charge in [0.15, 0.2) is 5.84 Å². The number of benzene rings is 3. The Bertz CT molecular complexity index is 1380. The number of amidine groups is 1. The first-order chi connectivity index (χ1) is 17.4. The fourth-order valence-electron chi connectivity index (χ4n) is 3.52. The fourth-order valence-corrected chi connectivity index (χ4v) is 5.04. The standard InChI is InChI=1S/C29H28Br2N4O/c1-19(2)14-15-36-24-11-8-21(9-12-24)18-32-35-29(34-28-20(3)16-23(30)17-25(28)31)27-13-10-22-6-4-5-7-26(22)33-27/h4-13,16-19H,14-15H2,1-3H3,(H,34,35). The average Bonchev–Trinajstić information content (AvgIpc) is 2.85. The van der Waals surface area contributed by atoms with Gasteiger partial charge in [-0.15, -0.1) is 0 Å². The number of hydrogen-bond donors (Lipinski definition) is 1. The maximum absolute atomic E-state index is 5.81. The summed E-state index contributed by atoms with van der Waals surface area (Å²) < 4.78 is 7.68. The summed E-state index contributed by atoms with van der Waals surface area (Å²) in [5.41, 5.74) is 7.51. The first-order valence-electron chi connectivity index (χ1n) is 11.8. The predicted octanol–water partition coefficient (Wildman–Crippen LogP) is 8.20.